The second kappa shape index (κ2) is 5.09. The van der Waals surface area contributed by atoms with Crippen LogP contribution >= 0.6 is 11.8 Å². The Kier molecular flexibility index (Phi) is 4.00. The van der Waals surface area contributed by atoms with Gasteiger partial charge in [0.25, 0.3) is 0 Å². The van der Waals surface area contributed by atoms with Crippen molar-refractivity contribution in [2.24, 2.45) is 5.41 Å². The Hall–Kier alpha value is 0.310. The average molecular weight is 227 g/mol. The molecule has 15 heavy (non-hydrogen) atoms. The second-order valence-corrected chi connectivity index (χ2v) is 7.21. The summed E-state index contributed by atoms with van der Waals surface area (Å²) in [5.74, 6) is 1.37. The largest absolute Gasteiger partial charge is 0.312 e. The van der Waals surface area contributed by atoms with E-state index in [9.17, 15) is 0 Å². The number of nitrogens with one attached hydrogen (secondary N) is 1. The Labute approximate surface area is 98.8 Å². The number of hydrogen-bond donors (Lipinski definition) is 1. The highest BCUT2D eigenvalue weighted by molar-refractivity contribution is 7.99. The maximum Gasteiger partial charge on any atom is 0.0184 e. The van der Waals surface area contributed by atoms with Crippen LogP contribution in [0.1, 0.15) is 52.4 Å². The normalized spacial score (nSPS) is 35.6. The van der Waals surface area contributed by atoms with Crippen molar-refractivity contribution >= 4 is 11.8 Å². The second-order valence-electron chi connectivity index (χ2n) is 5.72. The van der Waals surface area contributed by atoms with E-state index in [1.54, 1.807) is 0 Å². The van der Waals surface area contributed by atoms with E-state index in [1.165, 1.54) is 50.8 Å². The summed E-state index contributed by atoms with van der Waals surface area (Å²) in [5.41, 5.74) is 0.613. The highest BCUT2D eigenvalue weighted by atomic mass is 32.2. The quantitative estimate of drug-likeness (QED) is 0.792. The van der Waals surface area contributed by atoms with Crippen molar-refractivity contribution in [3.8, 4) is 0 Å². The van der Waals surface area contributed by atoms with Gasteiger partial charge in [-0.1, -0.05) is 26.7 Å². The number of thioether (sulfide) groups is 1. The Morgan fingerprint density at radius 1 is 1.27 bits per heavy atom. The van der Waals surface area contributed by atoms with Crippen molar-refractivity contribution < 1.29 is 0 Å². The van der Waals surface area contributed by atoms with Crippen LogP contribution in [0.5, 0.6) is 0 Å². The first kappa shape index (κ1) is 11.8. The minimum absolute atomic E-state index is 0.613. The van der Waals surface area contributed by atoms with Gasteiger partial charge in [0.15, 0.2) is 0 Å². The molecule has 88 valence electrons. The highest BCUT2D eigenvalue weighted by Gasteiger charge is 2.30. The lowest BCUT2D eigenvalue weighted by molar-refractivity contribution is 0.289. The number of hydrogen-bond acceptors (Lipinski definition) is 2. The molecule has 0 aromatic rings. The standard InChI is InChI=1S/C13H25NS/c1-11-12(6-5-9-15-11)14-10-13(2)7-3-4-8-13/h11-12,14H,3-10H2,1-2H3. The molecule has 2 aliphatic rings. The molecule has 2 rings (SSSR count). The van der Waals surface area contributed by atoms with Crippen LogP contribution in [0.15, 0.2) is 0 Å². The summed E-state index contributed by atoms with van der Waals surface area (Å²) >= 11 is 2.15. The molecule has 0 aromatic heterocycles. The summed E-state index contributed by atoms with van der Waals surface area (Å²) in [6.07, 6.45) is 8.58. The molecule has 0 spiro atoms. The van der Waals surface area contributed by atoms with Crippen molar-refractivity contribution in [2.45, 2.75) is 63.7 Å². The molecular weight excluding hydrogens is 202 g/mol. The Balaban J connectivity index is 1.76. The minimum Gasteiger partial charge on any atom is -0.312 e. The Morgan fingerprint density at radius 3 is 2.67 bits per heavy atom. The molecule has 0 amide bonds. The predicted octanol–water partition coefficient (Wildman–Crippen LogP) is 3.44. The third kappa shape index (κ3) is 3.13. The summed E-state index contributed by atoms with van der Waals surface area (Å²) in [5, 5.41) is 4.66. The van der Waals surface area contributed by atoms with Gasteiger partial charge in [0, 0.05) is 17.8 Å². The van der Waals surface area contributed by atoms with Gasteiger partial charge in [-0.05, 0) is 36.9 Å². The van der Waals surface area contributed by atoms with Gasteiger partial charge in [-0.3, -0.25) is 0 Å². The van der Waals surface area contributed by atoms with E-state index in [-0.39, 0.29) is 0 Å². The van der Waals surface area contributed by atoms with E-state index in [2.05, 4.69) is 30.9 Å². The first-order valence-corrected chi connectivity index (χ1v) is 7.59. The van der Waals surface area contributed by atoms with Crippen molar-refractivity contribution in [3.63, 3.8) is 0 Å². The Morgan fingerprint density at radius 2 is 2.00 bits per heavy atom. The topological polar surface area (TPSA) is 12.0 Å². The van der Waals surface area contributed by atoms with Gasteiger partial charge in [-0.25, -0.2) is 0 Å². The van der Waals surface area contributed by atoms with E-state index in [0.717, 1.165) is 11.3 Å². The molecule has 0 radical (unpaired) electrons. The lowest BCUT2D eigenvalue weighted by Crippen LogP contribution is -2.43. The van der Waals surface area contributed by atoms with Gasteiger partial charge in [-0.2, -0.15) is 11.8 Å². The zero-order valence-electron chi connectivity index (χ0n) is 10.2. The Bertz CT molecular complexity index is 199. The fraction of sp³-hybridized carbons (Fsp3) is 1.00. The molecular formula is C13H25NS. The fourth-order valence-electron chi connectivity index (χ4n) is 2.97. The van der Waals surface area contributed by atoms with Gasteiger partial charge in [0.05, 0.1) is 0 Å². The molecule has 1 saturated heterocycles. The summed E-state index contributed by atoms with van der Waals surface area (Å²) in [4.78, 5) is 0. The maximum atomic E-state index is 3.83. The molecule has 1 aliphatic heterocycles. The third-order valence-electron chi connectivity index (χ3n) is 4.21. The van der Waals surface area contributed by atoms with Crippen LogP contribution in [0, 0.1) is 5.41 Å². The van der Waals surface area contributed by atoms with Gasteiger partial charge in [-0.15, -0.1) is 0 Å². The van der Waals surface area contributed by atoms with Crippen LogP contribution in [0.2, 0.25) is 0 Å². The SMILES string of the molecule is CC1SCCCC1NCC1(C)CCCC1. The third-order valence-corrected chi connectivity index (χ3v) is 5.59. The minimum atomic E-state index is 0.613. The molecule has 1 aliphatic carbocycles. The lowest BCUT2D eigenvalue weighted by atomic mass is 9.88. The van der Waals surface area contributed by atoms with Crippen molar-refractivity contribution in [1.82, 2.24) is 5.32 Å². The van der Waals surface area contributed by atoms with Gasteiger partial charge in [0.2, 0.25) is 0 Å². The first-order chi connectivity index (χ1) is 7.20. The van der Waals surface area contributed by atoms with Crippen molar-refractivity contribution in [1.29, 1.82) is 0 Å². The van der Waals surface area contributed by atoms with E-state index in [0.29, 0.717) is 5.41 Å². The maximum absolute atomic E-state index is 3.83. The fourth-order valence-corrected chi connectivity index (χ4v) is 4.14. The molecule has 0 bridgehead atoms. The molecule has 0 aromatic carbocycles. The summed E-state index contributed by atoms with van der Waals surface area (Å²) < 4.78 is 0. The van der Waals surface area contributed by atoms with Crippen LogP contribution in [0.25, 0.3) is 0 Å². The summed E-state index contributed by atoms with van der Waals surface area (Å²) in [7, 11) is 0. The lowest BCUT2D eigenvalue weighted by Gasteiger charge is -2.33. The highest BCUT2D eigenvalue weighted by Crippen LogP contribution is 2.37. The monoisotopic (exact) mass is 227 g/mol. The van der Waals surface area contributed by atoms with Crippen LogP contribution < -0.4 is 5.32 Å². The van der Waals surface area contributed by atoms with Crippen molar-refractivity contribution in [2.75, 3.05) is 12.3 Å². The predicted molar refractivity (Wildman–Crippen MR) is 69.5 cm³/mol. The summed E-state index contributed by atoms with van der Waals surface area (Å²) in [6.45, 7) is 6.11. The molecule has 2 unspecified atom stereocenters. The molecule has 2 atom stereocenters. The van der Waals surface area contributed by atoms with Crippen LogP contribution in [-0.4, -0.2) is 23.6 Å². The number of rotatable bonds is 3. The van der Waals surface area contributed by atoms with E-state index >= 15 is 0 Å². The molecule has 2 fully saturated rings. The zero-order valence-corrected chi connectivity index (χ0v) is 11.0. The molecule has 2 heteroatoms. The molecule has 1 heterocycles. The average Bonchev–Trinajstić information content (AvgIpc) is 2.65. The van der Waals surface area contributed by atoms with E-state index in [1.807, 2.05) is 0 Å². The zero-order chi connectivity index (χ0) is 10.7. The van der Waals surface area contributed by atoms with Crippen LogP contribution in [0.4, 0.5) is 0 Å². The van der Waals surface area contributed by atoms with Gasteiger partial charge >= 0.3 is 0 Å². The van der Waals surface area contributed by atoms with Gasteiger partial charge in [0.1, 0.15) is 0 Å². The van der Waals surface area contributed by atoms with Crippen LogP contribution in [-0.2, 0) is 0 Å². The van der Waals surface area contributed by atoms with E-state index in [4.69, 9.17) is 0 Å². The molecule has 1 N–H and O–H groups in total. The van der Waals surface area contributed by atoms with Crippen LogP contribution in [0.3, 0.4) is 0 Å². The summed E-state index contributed by atoms with van der Waals surface area (Å²) in [6, 6.07) is 0.779. The molecule has 1 saturated carbocycles. The molecule has 1 nitrogen and oxygen atoms in total. The smallest absolute Gasteiger partial charge is 0.0184 e. The first-order valence-electron chi connectivity index (χ1n) is 6.55. The van der Waals surface area contributed by atoms with Crippen molar-refractivity contribution in [3.05, 3.63) is 0 Å². The van der Waals surface area contributed by atoms with E-state index < -0.39 is 0 Å². The van der Waals surface area contributed by atoms with Gasteiger partial charge < -0.3 is 5.32 Å².